The molecule has 0 aliphatic carbocycles. The largest absolute Gasteiger partial charge is 0.475 e. The summed E-state index contributed by atoms with van der Waals surface area (Å²) in [6.07, 6.45) is 1.62. The lowest BCUT2D eigenvalue weighted by Crippen LogP contribution is -2.22. The predicted octanol–water partition coefficient (Wildman–Crippen LogP) is 1.91. The van der Waals surface area contributed by atoms with Crippen LogP contribution < -0.4 is 10.5 Å². The molecule has 0 unspecified atom stereocenters. The average molecular weight is 254 g/mol. The molecule has 1 aromatic heterocycles. The Labute approximate surface area is 107 Å². The number of ether oxygens (including phenoxy) is 2. The molecular weight excluding hydrogens is 236 g/mol. The minimum Gasteiger partial charge on any atom is -0.475 e. The molecule has 0 amide bonds. The first-order valence-corrected chi connectivity index (χ1v) is 5.82. The van der Waals surface area contributed by atoms with E-state index >= 15 is 0 Å². The Kier molecular flexibility index (Phi) is 4.84. The number of aromatic nitrogens is 1. The van der Waals surface area contributed by atoms with E-state index in [0.717, 1.165) is 5.56 Å². The molecule has 17 heavy (non-hydrogen) atoms. The van der Waals surface area contributed by atoms with Gasteiger partial charge in [-0.15, -0.1) is 0 Å². The Morgan fingerprint density at radius 1 is 1.41 bits per heavy atom. The van der Waals surface area contributed by atoms with Crippen molar-refractivity contribution >= 4 is 17.2 Å². The summed E-state index contributed by atoms with van der Waals surface area (Å²) in [5.41, 5.74) is 6.11. The van der Waals surface area contributed by atoms with Crippen molar-refractivity contribution in [1.82, 2.24) is 4.98 Å². The highest BCUT2D eigenvalue weighted by molar-refractivity contribution is 7.80. The average Bonchev–Trinajstić information content (AvgIpc) is 2.23. The smallest absolute Gasteiger partial charge is 0.213 e. The fourth-order valence-corrected chi connectivity index (χ4v) is 1.26. The summed E-state index contributed by atoms with van der Waals surface area (Å²) in [4.78, 5) is 4.40. The minimum atomic E-state index is -0.155. The SMILES string of the molecule is CC(C)(C)OCCOc1cc(C(N)=S)ccn1. The maximum Gasteiger partial charge on any atom is 0.213 e. The lowest BCUT2D eigenvalue weighted by Gasteiger charge is -2.19. The van der Waals surface area contributed by atoms with Gasteiger partial charge in [-0.25, -0.2) is 4.98 Å². The maximum atomic E-state index is 5.53. The summed E-state index contributed by atoms with van der Waals surface area (Å²) in [7, 11) is 0. The second kappa shape index (κ2) is 5.93. The van der Waals surface area contributed by atoms with Crippen LogP contribution >= 0.6 is 12.2 Å². The number of thiocarbonyl (C=S) groups is 1. The van der Waals surface area contributed by atoms with Gasteiger partial charge in [0.15, 0.2) is 0 Å². The molecule has 0 atom stereocenters. The molecule has 0 aliphatic rings. The number of hydrogen-bond acceptors (Lipinski definition) is 4. The molecule has 0 saturated carbocycles. The summed E-state index contributed by atoms with van der Waals surface area (Å²) in [5, 5.41) is 0. The van der Waals surface area contributed by atoms with Gasteiger partial charge in [0.25, 0.3) is 0 Å². The first-order valence-electron chi connectivity index (χ1n) is 5.41. The summed E-state index contributed by atoms with van der Waals surface area (Å²) in [6.45, 7) is 6.96. The van der Waals surface area contributed by atoms with Gasteiger partial charge in [-0.3, -0.25) is 0 Å². The highest BCUT2D eigenvalue weighted by Gasteiger charge is 2.09. The Balaban J connectivity index is 2.42. The summed E-state index contributed by atoms with van der Waals surface area (Å²) in [5.74, 6) is 0.507. The summed E-state index contributed by atoms with van der Waals surface area (Å²) in [6, 6.07) is 3.47. The molecule has 0 spiro atoms. The van der Waals surface area contributed by atoms with E-state index in [0.29, 0.717) is 24.1 Å². The molecule has 1 aromatic rings. The number of rotatable bonds is 5. The van der Waals surface area contributed by atoms with E-state index in [9.17, 15) is 0 Å². The molecule has 0 aliphatic heterocycles. The van der Waals surface area contributed by atoms with Crippen molar-refractivity contribution in [2.24, 2.45) is 5.73 Å². The molecule has 0 aromatic carbocycles. The molecule has 0 bridgehead atoms. The van der Waals surface area contributed by atoms with Gasteiger partial charge >= 0.3 is 0 Å². The van der Waals surface area contributed by atoms with Gasteiger partial charge in [0.1, 0.15) is 11.6 Å². The van der Waals surface area contributed by atoms with Gasteiger partial charge < -0.3 is 15.2 Å². The second-order valence-corrected chi connectivity index (χ2v) is 5.00. The minimum absolute atomic E-state index is 0.155. The normalized spacial score (nSPS) is 11.2. The molecule has 1 rings (SSSR count). The second-order valence-electron chi connectivity index (χ2n) is 4.56. The van der Waals surface area contributed by atoms with Crippen LogP contribution in [0, 0.1) is 0 Å². The molecule has 4 nitrogen and oxygen atoms in total. The number of nitrogens with two attached hydrogens (primary N) is 1. The van der Waals surface area contributed by atoms with Crippen molar-refractivity contribution in [3.63, 3.8) is 0 Å². The van der Waals surface area contributed by atoms with E-state index in [2.05, 4.69) is 4.98 Å². The van der Waals surface area contributed by atoms with Crippen LogP contribution in [0.3, 0.4) is 0 Å². The van der Waals surface area contributed by atoms with E-state index in [-0.39, 0.29) is 5.60 Å². The Bertz CT molecular complexity index is 388. The standard InChI is InChI=1S/C12H18N2O2S/c1-12(2,3)16-7-6-15-10-8-9(11(13)17)4-5-14-10/h4-5,8H,6-7H2,1-3H3,(H2,13,17). The van der Waals surface area contributed by atoms with E-state index in [1.165, 1.54) is 0 Å². The maximum absolute atomic E-state index is 5.53. The lowest BCUT2D eigenvalue weighted by molar-refractivity contribution is -0.0168. The highest BCUT2D eigenvalue weighted by atomic mass is 32.1. The first kappa shape index (κ1) is 13.9. The van der Waals surface area contributed by atoms with Crippen LogP contribution in [0.5, 0.6) is 5.88 Å². The zero-order chi connectivity index (χ0) is 12.9. The summed E-state index contributed by atoms with van der Waals surface area (Å²) >= 11 is 4.88. The van der Waals surface area contributed by atoms with Crippen LogP contribution in [-0.2, 0) is 4.74 Å². The number of pyridine rings is 1. The molecule has 0 radical (unpaired) electrons. The van der Waals surface area contributed by atoms with Crippen molar-refractivity contribution in [1.29, 1.82) is 0 Å². The highest BCUT2D eigenvalue weighted by Crippen LogP contribution is 2.10. The molecule has 1 heterocycles. The van der Waals surface area contributed by atoms with Crippen LogP contribution in [0.1, 0.15) is 26.3 Å². The third-order valence-corrected chi connectivity index (χ3v) is 2.12. The van der Waals surface area contributed by atoms with Crippen molar-refractivity contribution < 1.29 is 9.47 Å². The quantitative estimate of drug-likeness (QED) is 0.642. The third kappa shape index (κ3) is 5.60. The van der Waals surface area contributed by atoms with E-state index < -0.39 is 0 Å². The molecule has 5 heteroatoms. The van der Waals surface area contributed by atoms with Gasteiger partial charge in [-0.2, -0.15) is 0 Å². The molecular formula is C12H18N2O2S. The zero-order valence-electron chi connectivity index (χ0n) is 10.4. The van der Waals surface area contributed by atoms with Crippen LogP contribution in [0.25, 0.3) is 0 Å². The van der Waals surface area contributed by atoms with Crippen molar-refractivity contribution in [3.8, 4) is 5.88 Å². The van der Waals surface area contributed by atoms with Crippen LogP contribution in [0.4, 0.5) is 0 Å². The fourth-order valence-electron chi connectivity index (χ4n) is 1.14. The van der Waals surface area contributed by atoms with Crippen molar-refractivity contribution in [2.45, 2.75) is 26.4 Å². The summed E-state index contributed by atoms with van der Waals surface area (Å²) < 4.78 is 11.0. The molecule has 0 fully saturated rings. The molecule has 94 valence electrons. The van der Waals surface area contributed by atoms with Crippen molar-refractivity contribution in [3.05, 3.63) is 23.9 Å². The fraction of sp³-hybridized carbons (Fsp3) is 0.500. The van der Waals surface area contributed by atoms with E-state index in [4.69, 9.17) is 27.4 Å². The van der Waals surface area contributed by atoms with Gasteiger partial charge in [-0.05, 0) is 26.8 Å². The van der Waals surface area contributed by atoms with Crippen LogP contribution in [0.15, 0.2) is 18.3 Å². The first-order chi connectivity index (χ1) is 7.88. The Morgan fingerprint density at radius 3 is 2.71 bits per heavy atom. The number of hydrogen-bond donors (Lipinski definition) is 1. The van der Waals surface area contributed by atoms with Crippen LogP contribution in [0.2, 0.25) is 0 Å². The van der Waals surface area contributed by atoms with Gasteiger partial charge in [0, 0.05) is 17.8 Å². The third-order valence-electron chi connectivity index (χ3n) is 1.89. The predicted molar refractivity (Wildman–Crippen MR) is 71.3 cm³/mol. The van der Waals surface area contributed by atoms with E-state index in [1.807, 2.05) is 20.8 Å². The molecule has 0 saturated heterocycles. The van der Waals surface area contributed by atoms with Gasteiger partial charge in [0.05, 0.1) is 12.2 Å². The monoisotopic (exact) mass is 254 g/mol. The number of nitrogens with zero attached hydrogens (tertiary/aromatic N) is 1. The lowest BCUT2D eigenvalue weighted by atomic mass is 10.2. The van der Waals surface area contributed by atoms with E-state index in [1.54, 1.807) is 18.3 Å². The van der Waals surface area contributed by atoms with Gasteiger partial charge in [-0.1, -0.05) is 12.2 Å². The Morgan fingerprint density at radius 2 is 2.12 bits per heavy atom. The Hall–Kier alpha value is -1.20. The topological polar surface area (TPSA) is 57.4 Å². The van der Waals surface area contributed by atoms with Crippen LogP contribution in [-0.4, -0.2) is 28.8 Å². The van der Waals surface area contributed by atoms with Gasteiger partial charge in [0.2, 0.25) is 5.88 Å². The molecule has 2 N–H and O–H groups in total. The zero-order valence-corrected chi connectivity index (χ0v) is 11.2. The van der Waals surface area contributed by atoms with Crippen molar-refractivity contribution in [2.75, 3.05) is 13.2 Å².